The van der Waals surface area contributed by atoms with Crippen LogP contribution in [0.25, 0.3) is 10.1 Å². The summed E-state index contributed by atoms with van der Waals surface area (Å²) in [6.45, 7) is 1.85. The Balaban J connectivity index is 2.57. The lowest BCUT2D eigenvalue weighted by Crippen LogP contribution is -1.90. The van der Waals surface area contributed by atoms with Gasteiger partial charge in [0.2, 0.25) is 0 Å². The molecule has 0 saturated heterocycles. The molecule has 0 bridgehead atoms. The molecule has 0 fully saturated rings. The summed E-state index contributed by atoms with van der Waals surface area (Å²) < 4.78 is 1.01. The average molecular weight is 215 g/mol. The van der Waals surface area contributed by atoms with Crippen LogP contribution >= 0.6 is 11.3 Å². The molecule has 0 aliphatic rings. The second-order valence-corrected chi connectivity index (χ2v) is 4.34. The fourth-order valence-electron chi connectivity index (χ4n) is 1.41. The van der Waals surface area contributed by atoms with Gasteiger partial charge >= 0.3 is 0 Å². The average Bonchev–Trinajstić information content (AvgIpc) is 2.70. The first-order valence-corrected chi connectivity index (χ1v) is 5.53. The van der Waals surface area contributed by atoms with Gasteiger partial charge in [-0.3, -0.25) is 4.79 Å². The monoisotopic (exact) mass is 215 g/mol. The lowest BCUT2D eigenvalue weighted by atomic mass is 10.2. The van der Waals surface area contributed by atoms with Crippen LogP contribution in [0, 0.1) is 11.3 Å². The summed E-state index contributed by atoms with van der Waals surface area (Å²) in [5.41, 5.74) is 0.639. The first-order chi connectivity index (χ1) is 7.24. The van der Waals surface area contributed by atoms with Crippen molar-refractivity contribution in [2.75, 3.05) is 0 Å². The summed E-state index contributed by atoms with van der Waals surface area (Å²) in [5, 5.41) is 9.78. The molecule has 3 heteroatoms. The molecular weight excluding hydrogens is 206 g/mol. The molecule has 0 amide bonds. The van der Waals surface area contributed by atoms with Crippen LogP contribution in [0.4, 0.5) is 0 Å². The normalized spacial score (nSPS) is 10.1. The van der Waals surface area contributed by atoms with Crippen molar-refractivity contribution in [3.05, 3.63) is 34.7 Å². The maximum Gasteiger partial charge on any atom is 0.172 e. The maximum absolute atomic E-state index is 11.5. The molecule has 1 aromatic heterocycles. The topological polar surface area (TPSA) is 40.9 Å². The molecule has 1 heterocycles. The molecule has 2 rings (SSSR count). The highest BCUT2D eigenvalue weighted by Gasteiger charge is 2.08. The lowest BCUT2D eigenvalue weighted by Gasteiger charge is -1.88. The molecule has 15 heavy (non-hydrogen) atoms. The van der Waals surface area contributed by atoms with Crippen LogP contribution in [-0.4, -0.2) is 5.78 Å². The number of nitriles is 1. The van der Waals surface area contributed by atoms with Crippen LogP contribution < -0.4 is 0 Å². The van der Waals surface area contributed by atoms with E-state index in [0.29, 0.717) is 12.0 Å². The lowest BCUT2D eigenvalue weighted by molar-refractivity contribution is 0.0992. The van der Waals surface area contributed by atoms with Crippen molar-refractivity contribution in [3.63, 3.8) is 0 Å². The van der Waals surface area contributed by atoms with E-state index < -0.39 is 0 Å². The van der Waals surface area contributed by atoms with Crippen molar-refractivity contribution >= 4 is 27.2 Å². The summed E-state index contributed by atoms with van der Waals surface area (Å²) in [4.78, 5) is 12.3. The summed E-state index contributed by atoms with van der Waals surface area (Å²) in [7, 11) is 0. The Kier molecular flexibility index (Phi) is 2.53. The van der Waals surface area contributed by atoms with E-state index in [1.54, 1.807) is 6.07 Å². The number of ketones is 1. The van der Waals surface area contributed by atoms with Crippen molar-refractivity contribution in [2.24, 2.45) is 0 Å². The Hall–Kier alpha value is -1.66. The number of thiophene rings is 1. The van der Waals surface area contributed by atoms with Gasteiger partial charge in [0, 0.05) is 11.1 Å². The number of rotatable bonds is 2. The molecule has 0 N–H and O–H groups in total. The smallest absolute Gasteiger partial charge is 0.172 e. The predicted octanol–water partition coefficient (Wildman–Crippen LogP) is 3.37. The van der Waals surface area contributed by atoms with Crippen LogP contribution in [0.1, 0.15) is 28.6 Å². The summed E-state index contributed by atoms with van der Waals surface area (Å²) in [6.07, 6.45) is 0.526. The van der Waals surface area contributed by atoms with Gasteiger partial charge in [-0.15, -0.1) is 11.3 Å². The molecule has 2 nitrogen and oxygen atoms in total. The third-order valence-corrected chi connectivity index (χ3v) is 3.38. The van der Waals surface area contributed by atoms with E-state index >= 15 is 0 Å². The van der Waals surface area contributed by atoms with E-state index in [1.807, 2.05) is 25.1 Å². The number of Topliss-reactive ketones (excluding diaryl/α,β-unsaturated/α-hetero) is 1. The zero-order chi connectivity index (χ0) is 10.8. The number of carbonyl (C=O) groups is 1. The maximum atomic E-state index is 11.5. The van der Waals surface area contributed by atoms with E-state index in [-0.39, 0.29) is 5.78 Å². The van der Waals surface area contributed by atoms with Gasteiger partial charge in [0.15, 0.2) is 5.78 Å². The minimum absolute atomic E-state index is 0.162. The van der Waals surface area contributed by atoms with Gasteiger partial charge in [-0.1, -0.05) is 13.0 Å². The largest absolute Gasteiger partial charge is 0.293 e. The third kappa shape index (κ3) is 1.77. The standard InChI is InChI=1S/C12H9NOS/c1-2-10(14)12-6-9-4-3-8(7-13)5-11(9)15-12/h3-6H,2H2,1H3. The minimum atomic E-state index is 0.162. The molecule has 0 aliphatic heterocycles. The molecule has 0 spiro atoms. The number of hydrogen-bond acceptors (Lipinski definition) is 3. The highest BCUT2D eigenvalue weighted by Crippen LogP contribution is 2.27. The second-order valence-electron chi connectivity index (χ2n) is 3.25. The quantitative estimate of drug-likeness (QED) is 0.721. The first kappa shape index (κ1) is 9.88. The number of benzene rings is 1. The predicted molar refractivity (Wildman–Crippen MR) is 61.2 cm³/mol. The van der Waals surface area contributed by atoms with E-state index in [2.05, 4.69) is 6.07 Å². The van der Waals surface area contributed by atoms with Gasteiger partial charge in [-0.2, -0.15) is 5.26 Å². The SMILES string of the molecule is CCC(=O)c1cc2ccc(C#N)cc2s1. The zero-order valence-electron chi connectivity index (χ0n) is 8.28. The Morgan fingerprint density at radius 2 is 2.27 bits per heavy atom. The Morgan fingerprint density at radius 3 is 2.93 bits per heavy atom. The summed E-state index contributed by atoms with van der Waals surface area (Å²) in [6, 6.07) is 9.47. The van der Waals surface area contributed by atoms with E-state index in [1.165, 1.54) is 11.3 Å². The van der Waals surface area contributed by atoms with E-state index in [0.717, 1.165) is 15.0 Å². The number of fused-ring (bicyclic) bond motifs is 1. The fraction of sp³-hybridized carbons (Fsp3) is 0.167. The summed E-state index contributed by atoms with van der Waals surface area (Å²) in [5.74, 6) is 0.162. The van der Waals surface area contributed by atoms with Crippen LogP contribution in [0.3, 0.4) is 0 Å². The third-order valence-electron chi connectivity index (χ3n) is 2.25. The number of hydrogen-bond donors (Lipinski definition) is 0. The first-order valence-electron chi connectivity index (χ1n) is 4.71. The van der Waals surface area contributed by atoms with Gasteiger partial charge in [0.05, 0.1) is 16.5 Å². The molecule has 0 radical (unpaired) electrons. The molecule has 1 aromatic carbocycles. The van der Waals surface area contributed by atoms with Gasteiger partial charge < -0.3 is 0 Å². The van der Waals surface area contributed by atoms with Crippen LogP contribution in [0.2, 0.25) is 0 Å². The van der Waals surface area contributed by atoms with Crippen molar-refractivity contribution in [2.45, 2.75) is 13.3 Å². The highest BCUT2D eigenvalue weighted by atomic mass is 32.1. The second kappa shape index (κ2) is 3.84. The number of nitrogens with zero attached hydrogens (tertiary/aromatic N) is 1. The Labute approximate surface area is 91.8 Å². The van der Waals surface area contributed by atoms with Crippen molar-refractivity contribution < 1.29 is 4.79 Å². The van der Waals surface area contributed by atoms with E-state index in [9.17, 15) is 4.79 Å². The van der Waals surface area contributed by atoms with Gasteiger partial charge in [0.1, 0.15) is 0 Å². The fourth-order valence-corrected chi connectivity index (χ4v) is 2.52. The van der Waals surface area contributed by atoms with Crippen molar-refractivity contribution in [1.82, 2.24) is 0 Å². The van der Waals surface area contributed by atoms with Crippen molar-refractivity contribution in [1.29, 1.82) is 5.26 Å². The van der Waals surface area contributed by atoms with Gasteiger partial charge in [0.25, 0.3) is 0 Å². The zero-order valence-corrected chi connectivity index (χ0v) is 9.10. The molecular formula is C12H9NOS. The van der Waals surface area contributed by atoms with Crippen molar-refractivity contribution in [3.8, 4) is 6.07 Å². The highest BCUT2D eigenvalue weighted by molar-refractivity contribution is 7.20. The molecule has 0 unspecified atom stereocenters. The summed E-state index contributed by atoms with van der Waals surface area (Å²) >= 11 is 1.46. The minimum Gasteiger partial charge on any atom is -0.293 e. The van der Waals surface area contributed by atoms with E-state index in [4.69, 9.17) is 5.26 Å². The van der Waals surface area contributed by atoms with Gasteiger partial charge in [-0.05, 0) is 23.6 Å². The van der Waals surface area contributed by atoms with Crippen LogP contribution in [0.5, 0.6) is 0 Å². The number of carbonyl (C=O) groups excluding carboxylic acids is 1. The molecule has 0 atom stereocenters. The van der Waals surface area contributed by atoms with Crippen LogP contribution in [0.15, 0.2) is 24.3 Å². The van der Waals surface area contributed by atoms with Gasteiger partial charge in [-0.25, -0.2) is 0 Å². The molecule has 74 valence electrons. The molecule has 2 aromatic rings. The molecule has 0 aliphatic carbocycles. The Bertz CT molecular complexity index is 562. The van der Waals surface area contributed by atoms with Crippen LogP contribution in [-0.2, 0) is 0 Å². The molecule has 0 saturated carbocycles. The Morgan fingerprint density at radius 1 is 1.47 bits per heavy atom.